The Labute approximate surface area is 246 Å². The SMILES string of the molecule is FC(F)(F)c1ccccc1P(CCP(c1ccccc1C(F)(F)F)c1ccccc1C(F)(F)F)c1ccccc1C(F)(F)F. The first-order valence-electron chi connectivity index (χ1n) is 12.6. The predicted octanol–water partition coefficient (Wildman–Crippen LogP) is 9.33. The summed E-state index contributed by atoms with van der Waals surface area (Å²) < 4.78 is 169. The van der Waals surface area contributed by atoms with E-state index in [4.69, 9.17) is 0 Å². The molecule has 4 aromatic rings. The Morgan fingerprint density at radius 2 is 0.500 bits per heavy atom. The quantitative estimate of drug-likeness (QED) is 0.136. The van der Waals surface area contributed by atoms with Crippen molar-refractivity contribution >= 4 is 37.1 Å². The number of halogens is 12. The van der Waals surface area contributed by atoms with E-state index in [1.807, 2.05) is 0 Å². The van der Waals surface area contributed by atoms with Gasteiger partial charge in [0.1, 0.15) is 0 Å². The van der Waals surface area contributed by atoms with Crippen LogP contribution in [0.3, 0.4) is 0 Å². The van der Waals surface area contributed by atoms with Crippen LogP contribution < -0.4 is 21.2 Å². The third-order valence-electron chi connectivity index (χ3n) is 6.55. The van der Waals surface area contributed by atoms with Gasteiger partial charge in [0.15, 0.2) is 0 Å². The molecule has 0 amide bonds. The molecular weight excluding hydrogens is 650 g/mol. The lowest BCUT2D eigenvalue weighted by Crippen LogP contribution is -2.30. The Balaban J connectivity index is 1.96. The van der Waals surface area contributed by atoms with Gasteiger partial charge in [0.05, 0.1) is 22.3 Å². The van der Waals surface area contributed by atoms with E-state index in [1.165, 1.54) is 24.3 Å². The van der Waals surface area contributed by atoms with Crippen molar-refractivity contribution in [2.24, 2.45) is 0 Å². The van der Waals surface area contributed by atoms with Gasteiger partial charge in [-0.1, -0.05) is 72.8 Å². The molecule has 0 N–H and O–H groups in total. The topological polar surface area (TPSA) is 0 Å². The molecule has 0 aliphatic rings. The third kappa shape index (κ3) is 7.57. The van der Waals surface area contributed by atoms with Gasteiger partial charge in [-0.25, -0.2) is 0 Å². The van der Waals surface area contributed by atoms with Crippen LogP contribution >= 0.6 is 15.8 Å². The number of hydrogen-bond donors (Lipinski definition) is 0. The summed E-state index contributed by atoms with van der Waals surface area (Å²) in [5.41, 5.74) is -4.95. The van der Waals surface area contributed by atoms with Crippen LogP contribution in [0.2, 0.25) is 0 Å². The lowest BCUT2D eigenvalue weighted by atomic mass is 10.2. The summed E-state index contributed by atoms with van der Waals surface area (Å²) in [5.74, 6) is 0. The fourth-order valence-corrected chi connectivity index (χ4v) is 10.9. The Hall–Kier alpha value is -3.10. The van der Waals surface area contributed by atoms with Gasteiger partial charge >= 0.3 is 24.7 Å². The highest BCUT2D eigenvalue weighted by Crippen LogP contribution is 2.49. The Bertz CT molecular complexity index is 1350. The van der Waals surface area contributed by atoms with Gasteiger partial charge < -0.3 is 0 Å². The Kier molecular flexibility index (Phi) is 9.77. The number of rotatable bonds is 7. The first-order valence-corrected chi connectivity index (χ1v) is 15.7. The maximum absolute atomic E-state index is 14.1. The molecule has 234 valence electrons. The van der Waals surface area contributed by atoms with Crippen LogP contribution in [0.1, 0.15) is 22.3 Å². The highest BCUT2D eigenvalue weighted by Gasteiger charge is 2.42. The van der Waals surface area contributed by atoms with Gasteiger partial charge in [-0.05, 0) is 73.7 Å². The highest BCUT2D eigenvalue weighted by atomic mass is 31.1. The zero-order valence-corrected chi connectivity index (χ0v) is 23.9. The molecule has 4 aromatic carbocycles. The van der Waals surface area contributed by atoms with E-state index >= 15 is 0 Å². The molecule has 0 bridgehead atoms. The van der Waals surface area contributed by atoms with E-state index in [2.05, 4.69) is 0 Å². The smallest absolute Gasteiger partial charge is 0.166 e. The zero-order valence-electron chi connectivity index (χ0n) is 22.1. The summed E-state index contributed by atoms with van der Waals surface area (Å²) in [6.07, 6.45) is -21.1. The second-order valence-electron chi connectivity index (χ2n) is 9.36. The molecule has 0 heterocycles. The lowest BCUT2D eigenvalue weighted by Gasteiger charge is -2.29. The van der Waals surface area contributed by atoms with Gasteiger partial charge in [0.2, 0.25) is 0 Å². The van der Waals surface area contributed by atoms with Crippen molar-refractivity contribution in [3.63, 3.8) is 0 Å². The molecule has 0 saturated heterocycles. The molecule has 0 radical (unpaired) electrons. The average Bonchev–Trinajstić information content (AvgIpc) is 2.94. The summed E-state index contributed by atoms with van der Waals surface area (Å²) >= 11 is 0. The molecule has 0 aromatic heterocycles. The molecule has 14 heteroatoms. The van der Waals surface area contributed by atoms with Gasteiger partial charge in [-0.2, -0.15) is 52.7 Å². The fourth-order valence-electron chi connectivity index (χ4n) is 4.74. The zero-order chi connectivity index (χ0) is 32.5. The summed E-state index contributed by atoms with van der Waals surface area (Å²) in [6, 6.07) is 15.7. The molecule has 0 nitrogen and oxygen atoms in total. The van der Waals surface area contributed by atoms with E-state index in [9.17, 15) is 52.7 Å². The molecule has 0 aliphatic carbocycles. The van der Waals surface area contributed by atoms with Crippen LogP contribution in [0.15, 0.2) is 97.1 Å². The standard InChI is InChI=1S/C30H20F12P2/c31-27(32,33)19-9-1-5-13-23(19)43(24-14-6-2-10-20(24)28(34,35)36)17-18-44(25-15-7-3-11-21(25)29(37,38)39)26-16-8-4-12-22(26)30(40,41)42/h1-16H,17-18H2. The van der Waals surface area contributed by atoms with Crippen molar-refractivity contribution in [1.82, 2.24) is 0 Å². The molecule has 0 unspecified atom stereocenters. The van der Waals surface area contributed by atoms with E-state index < -0.39 is 96.3 Å². The molecular formula is C30H20F12P2. The third-order valence-corrected chi connectivity index (χ3v) is 12.1. The largest absolute Gasteiger partial charge is 0.417 e. The molecule has 4 rings (SSSR count). The minimum Gasteiger partial charge on any atom is -0.166 e. The van der Waals surface area contributed by atoms with E-state index in [-0.39, 0.29) is 0 Å². The van der Waals surface area contributed by atoms with Crippen LogP contribution in [0.25, 0.3) is 0 Å². The van der Waals surface area contributed by atoms with Gasteiger partial charge in [-0.15, -0.1) is 0 Å². The molecule has 0 aliphatic heterocycles. The first kappa shape index (κ1) is 33.8. The minimum absolute atomic E-state index is 0.519. The van der Waals surface area contributed by atoms with Gasteiger partial charge in [-0.3, -0.25) is 0 Å². The summed E-state index contributed by atoms with van der Waals surface area (Å²) in [7, 11) is -5.19. The lowest BCUT2D eigenvalue weighted by molar-refractivity contribution is -0.137. The van der Waals surface area contributed by atoms with Crippen molar-refractivity contribution in [3.05, 3.63) is 119 Å². The second-order valence-corrected chi connectivity index (χ2v) is 13.9. The van der Waals surface area contributed by atoms with Crippen molar-refractivity contribution in [1.29, 1.82) is 0 Å². The van der Waals surface area contributed by atoms with Crippen LogP contribution in [-0.4, -0.2) is 12.3 Å². The Morgan fingerprint density at radius 1 is 0.318 bits per heavy atom. The monoisotopic (exact) mass is 670 g/mol. The normalized spacial score (nSPS) is 13.1. The van der Waals surface area contributed by atoms with Crippen LogP contribution in [0.5, 0.6) is 0 Å². The minimum atomic E-state index is -5.00. The molecule has 44 heavy (non-hydrogen) atoms. The van der Waals surface area contributed by atoms with Crippen molar-refractivity contribution < 1.29 is 52.7 Å². The summed E-state index contributed by atoms with van der Waals surface area (Å²) in [5, 5.41) is -2.07. The van der Waals surface area contributed by atoms with E-state index in [1.54, 1.807) is 0 Å². The number of hydrogen-bond acceptors (Lipinski definition) is 0. The van der Waals surface area contributed by atoms with Crippen LogP contribution in [0.4, 0.5) is 52.7 Å². The summed E-state index contributed by atoms with van der Waals surface area (Å²) in [6.45, 7) is 0. The van der Waals surface area contributed by atoms with Crippen molar-refractivity contribution in [2.45, 2.75) is 24.7 Å². The maximum atomic E-state index is 14.1. The number of benzene rings is 4. The maximum Gasteiger partial charge on any atom is 0.417 e. The average molecular weight is 670 g/mol. The number of alkyl halides is 12. The predicted molar refractivity (Wildman–Crippen MR) is 148 cm³/mol. The molecule has 0 spiro atoms. The van der Waals surface area contributed by atoms with Crippen molar-refractivity contribution in [3.8, 4) is 0 Å². The van der Waals surface area contributed by atoms with Gasteiger partial charge in [0, 0.05) is 0 Å². The highest BCUT2D eigenvalue weighted by molar-refractivity contribution is 7.76. The molecule has 0 atom stereocenters. The second kappa shape index (κ2) is 12.7. The van der Waals surface area contributed by atoms with Gasteiger partial charge in [0.25, 0.3) is 0 Å². The van der Waals surface area contributed by atoms with E-state index in [0.717, 1.165) is 48.5 Å². The van der Waals surface area contributed by atoms with Crippen molar-refractivity contribution in [2.75, 3.05) is 12.3 Å². The van der Waals surface area contributed by atoms with Crippen LogP contribution in [0, 0.1) is 0 Å². The summed E-state index contributed by atoms with van der Waals surface area (Å²) in [4.78, 5) is 0. The first-order chi connectivity index (χ1) is 20.4. The molecule has 0 saturated carbocycles. The molecule has 0 fully saturated rings. The Morgan fingerprint density at radius 3 is 0.682 bits per heavy atom. The van der Waals surface area contributed by atoms with Crippen LogP contribution in [-0.2, 0) is 24.7 Å². The fraction of sp³-hybridized carbons (Fsp3) is 0.200. The van der Waals surface area contributed by atoms with E-state index in [0.29, 0.717) is 24.3 Å².